The van der Waals surface area contributed by atoms with Crippen LogP contribution in [0.5, 0.6) is 0 Å². The van der Waals surface area contributed by atoms with E-state index in [4.69, 9.17) is 4.74 Å². The smallest absolute Gasteiger partial charge is 0.0723 e. The molecule has 3 nitrogen and oxygen atoms in total. The number of rotatable bonds is 8. The molecule has 1 fully saturated rings. The summed E-state index contributed by atoms with van der Waals surface area (Å²) in [5.41, 5.74) is 2.78. The molecule has 0 radical (unpaired) electrons. The van der Waals surface area contributed by atoms with Gasteiger partial charge < -0.3 is 15.0 Å². The van der Waals surface area contributed by atoms with E-state index in [2.05, 4.69) is 48.5 Å². The Morgan fingerprint density at radius 1 is 1.14 bits per heavy atom. The third-order valence-electron chi connectivity index (χ3n) is 4.26. The molecule has 0 amide bonds. The van der Waals surface area contributed by atoms with E-state index < -0.39 is 0 Å². The summed E-state index contributed by atoms with van der Waals surface area (Å²) in [7, 11) is 2.19. The average Bonchev–Trinajstić information content (AvgIpc) is 2.52. The fourth-order valence-corrected chi connectivity index (χ4v) is 2.83. The molecule has 0 aromatic heterocycles. The zero-order valence-electron chi connectivity index (χ0n) is 13.6. The van der Waals surface area contributed by atoms with E-state index in [0.717, 1.165) is 52.0 Å². The Balaban J connectivity index is 1.79. The molecule has 0 unspecified atom stereocenters. The molecular weight excluding hydrogens is 260 g/mol. The molecule has 1 aliphatic heterocycles. The predicted octanol–water partition coefficient (Wildman–Crippen LogP) is 2.84. The van der Waals surface area contributed by atoms with Crippen LogP contribution in [0.3, 0.4) is 0 Å². The van der Waals surface area contributed by atoms with Crippen molar-refractivity contribution in [3.05, 3.63) is 35.4 Å². The van der Waals surface area contributed by atoms with Crippen LogP contribution >= 0.6 is 0 Å². The van der Waals surface area contributed by atoms with Crippen molar-refractivity contribution in [1.29, 1.82) is 0 Å². The van der Waals surface area contributed by atoms with Crippen molar-refractivity contribution in [1.82, 2.24) is 10.2 Å². The van der Waals surface area contributed by atoms with Crippen molar-refractivity contribution in [2.24, 2.45) is 0 Å². The van der Waals surface area contributed by atoms with Crippen LogP contribution in [0.15, 0.2) is 24.3 Å². The van der Waals surface area contributed by atoms with E-state index in [9.17, 15) is 0 Å². The maximum atomic E-state index is 6.14. The SMILES string of the molecule is CCCNCCc1ccccc1COC1CCN(C)CC1. The van der Waals surface area contributed by atoms with Gasteiger partial charge in [-0.15, -0.1) is 0 Å². The first-order valence-corrected chi connectivity index (χ1v) is 8.37. The highest BCUT2D eigenvalue weighted by Crippen LogP contribution is 2.16. The molecule has 0 atom stereocenters. The molecule has 1 N–H and O–H groups in total. The average molecular weight is 290 g/mol. The van der Waals surface area contributed by atoms with Gasteiger partial charge in [-0.3, -0.25) is 0 Å². The summed E-state index contributed by atoms with van der Waals surface area (Å²) in [5, 5.41) is 3.47. The predicted molar refractivity (Wildman–Crippen MR) is 88.6 cm³/mol. The van der Waals surface area contributed by atoms with Gasteiger partial charge in [0.1, 0.15) is 0 Å². The van der Waals surface area contributed by atoms with Gasteiger partial charge >= 0.3 is 0 Å². The molecule has 1 aromatic rings. The quantitative estimate of drug-likeness (QED) is 0.745. The summed E-state index contributed by atoms with van der Waals surface area (Å²) < 4.78 is 6.14. The molecule has 1 aromatic carbocycles. The summed E-state index contributed by atoms with van der Waals surface area (Å²) in [6, 6.07) is 8.70. The lowest BCUT2D eigenvalue weighted by molar-refractivity contribution is 0.00187. The maximum absolute atomic E-state index is 6.14. The normalized spacial score (nSPS) is 17.2. The maximum Gasteiger partial charge on any atom is 0.0723 e. The first kappa shape index (κ1) is 16.5. The Morgan fingerprint density at radius 3 is 2.57 bits per heavy atom. The van der Waals surface area contributed by atoms with Crippen LogP contribution in [-0.4, -0.2) is 44.2 Å². The fraction of sp³-hybridized carbons (Fsp3) is 0.667. The molecule has 1 heterocycles. The zero-order valence-corrected chi connectivity index (χ0v) is 13.6. The highest BCUT2D eigenvalue weighted by Gasteiger charge is 2.17. The summed E-state index contributed by atoms with van der Waals surface area (Å²) in [6.45, 7) is 7.45. The van der Waals surface area contributed by atoms with Crippen molar-refractivity contribution in [3.63, 3.8) is 0 Å². The van der Waals surface area contributed by atoms with Gasteiger partial charge in [0, 0.05) is 13.1 Å². The van der Waals surface area contributed by atoms with Crippen molar-refractivity contribution >= 4 is 0 Å². The number of nitrogens with one attached hydrogen (secondary N) is 1. The number of hydrogen-bond acceptors (Lipinski definition) is 3. The second-order valence-corrected chi connectivity index (χ2v) is 6.08. The molecule has 1 saturated heterocycles. The minimum Gasteiger partial charge on any atom is -0.373 e. The molecule has 21 heavy (non-hydrogen) atoms. The Labute approximate surface area is 129 Å². The van der Waals surface area contributed by atoms with Gasteiger partial charge in [0.15, 0.2) is 0 Å². The third kappa shape index (κ3) is 5.77. The molecule has 0 bridgehead atoms. The summed E-state index contributed by atoms with van der Waals surface area (Å²) in [4.78, 5) is 2.38. The Kier molecular flexibility index (Phi) is 7.20. The highest BCUT2D eigenvalue weighted by atomic mass is 16.5. The van der Waals surface area contributed by atoms with Crippen LogP contribution in [0.1, 0.15) is 37.3 Å². The summed E-state index contributed by atoms with van der Waals surface area (Å²) in [5.74, 6) is 0. The second-order valence-electron chi connectivity index (χ2n) is 6.08. The van der Waals surface area contributed by atoms with Gasteiger partial charge in [-0.25, -0.2) is 0 Å². The fourth-order valence-electron chi connectivity index (χ4n) is 2.83. The standard InChI is InChI=1S/C18H30N2O/c1-3-11-19-12-8-16-6-4-5-7-17(16)15-21-18-9-13-20(2)14-10-18/h4-7,18-19H,3,8-15H2,1-2H3. The van der Waals surface area contributed by atoms with E-state index in [1.165, 1.54) is 17.5 Å². The van der Waals surface area contributed by atoms with Crippen LogP contribution in [0, 0.1) is 0 Å². The zero-order chi connectivity index (χ0) is 14.9. The number of benzene rings is 1. The number of nitrogens with zero attached hydrogens (tertiary/aromatic N) is 1. The Hall–Kier alpha value is -0.900. The number of piperidine rings is 1. The largest absolute Gasteiger partial charge is 0.373 e. The van der Waals surface area contributed by atoms with E-state index in [-0.39, 0.29) is 0 Å². The van der Waals surface area contributed by atoms with Crippen molar-refractivity contribution in [2.45, 2.75) is 45.3 Å². The van der Waals surface area contributed by atoms with E-state index in [1.54, 1.807) is 0 Å². The van der Waals surface area contributed by atoms with Gasteiger partial charge in [-0.2, -0.15) is 0 Å². The van der Waals surface area contributed by atoms with Crippen molar-refractivity contribution < 1.29 is 4.74 Å². The minimum atomic E-state index is 0.437. The van der Waals surface area contributed by atoms with Crippen molar-refractivity contribution in [2.75, 3.05) is 33.2 Å². The number of likely N-dealkylation sites (tertiary alicyclic amines) is 1. The van der Waals surface area contributed by atoms with Crippen LogP contribution in [0.25, 0.3) is 0 Å². The minimum absolute atomic E-state index is 0.437. The van der Waals surface area contributed by atoms with Crippen LogP contribution in [0.4, 0.5) is 0 Å². The van der Waals surface area contributed by atoms with Gasteiger partial charge in [0.25, 0.3) is 0 Å². The van der Waals surface area contributed by atoms with Crippen LogP contribution < -0.4 is 5.32 Å². The molecule has 118 valence electrons. The van der Waals surface area contributed by atoms with E-state index >= 15 is 0 Å². The lowest BCUT2D eigenvalue weighted by atomic mass is 10.0. The van der Waals surface area contributed by atoms with Crippen LogP contribution in [0.2, 0.25) is 0 Å². The monoisotopic (exact) mass is 290 g/mol. The second kappa shape index (κ2) is 9.19. The molecule has 1 aliphatic rings. The van der Waals surface area contributed by atoms with Gasteiger partial charge in [-0.05, 0) is 56.9 Å². The highest BCUT2D eigenvalue weighted by molar-refractivity contribution is 5.26. The molecular formula is C18H30N2O. The van der Waals surface area contributed by atoms with Gasteiger partial charge in [0.2, 0.25) is 0 Å². The lowest BCUT2D eigenvalue weighted by Gasteiger charge is -2.29. The summed E-state index contributed by atoms with van der Waals surface area (Å²) >= 11 is 0. The molecule has 3 heteroatoms. The first-order chi connectivity index (χ1) is 10.3. The molecule has 0 spiro atoms. The molecule has 0 aliphatic carbocycles. The van der Waals surface area contributed by atoms with Gasteiger partial charge in [-0.1, -0.05) is 31.2 Å². The van der Waals surface area contributed by atoms with Crippen molar-refractivity contribution in [3.8, 4) is 0 Å². The lowest BCUT2D eigenvalue weighted by Crippen LogP contribution is -2.34. The van der Waals surface area contributed by atoms with E-state index in [0.29, 0.717) is 6.10 Å². The number of ether oxygens (including phenoxy) is 1. The summed E-state index contributed by atoms with van der Waals surface area (Å²) in [6.07, 6.45) is 5.05. The van der Waals surface area contributed by atoms with E-state index in [1.807, 2.05) is 0 Å². The Bertz CT molecular complexity index is 400. The van der Waals surface area contributed by atoms with Gasteiger partial charge in [0.05, 0.1) is 12.7 Å². The molecule has 0 saturated carbocycles. The first-order valence-electron chi connectivity index (χ1n) is 8.37. The third-order valence-corrected chi connectivity index (χ3v) is 4.26. The topological polar surface area (TPSA) is 24.5 Å². The Morgan fingerprint density at radius 2 is 1.86 bits per heavy atom. The van der Waals surface area contributed by atoms with Crippen LogP contribution in [-0.2, 0) is 17.8 Å². The molecule has 2 rings (SSSR count). The number of hydrogen-bond donors (Lipinski definition) is 1.